The van der Waals surface area contributed by atoms with Crippen molar-refractivity contribution in [2.45, 2.75) is 34.3 Å². The number of ether oxygens (including phenoxy) is 1. The fourth-order valence-corrected chi connectivity index (χ4v) is 3.18. The third kappa shape index (κ3) is 4.57. The highest BCUT2D eigenvalue weighted by atomic mass is 16.5. The summed E-state index contributed by atoms with van der Waals surface area (Å²) in [6, 6.07) is 13.4. The van der Waals surface area contributed by atoms with Gasteiger partial charge in [-0.15, -0.1) is 0 Å². The lowest BCUT2D eigenvalue weighted by Gasteiger charge is -2.18. The summed E-state index contributed by atoms with van der Waals surface area (Å²) < 4.78 is 8.01. The molecule has 7 nitrogen and oxygen atoms in total. The Balaban J connectivity index is 1.80. The summed E-state index contributed by atoms with van der Waals surface area (Å²) in [7, 11) is 1.50. The molecule has 7 heteroatoms. The molecule has 0 bridgehead atoms. The topological polar surface area (TPSA) is 85.4 Å². The van der Waals surface area contributed by atoms with E-state index in [0.717, 1.165) is 44.5 Å². The second-order valence-corrected chi connectivity index (χ2v) is 7.22. The molecular weight excluding hydrogens is 366 g/mol. The number of hydrogen-bond donors (Lipinski definition) is 2. The maximum Gasteiger partial charge on any atom is 0.335 e. The van der Waals surface area contributed by atoms with Gasteiger partial charge in [0, 0.05) is 24.0 Å². The third-order valence-corrected chi connectivity index (χ3v) is 4.76. The number of nitrogens with one attached hydrogen (secondary N) is 1. The van der Waals surface area contributed by atoms with Crippen LogP contribution < -0.4 is 15.9 Å². The van der Waals surface area contributed by atoms with Crippen molar-refractivity contribution in [2.75, 3.05) is 12.4 Å². The summed E-state index contributed by atoms with van der Waals surface area (Å²) >= 11 is 0. The van der Waals surface area contributed by atoms with Crippen molar-refractivity contribution in [3.8, 4) is 11.4 Å². The molecule has 0 aliphatic carbocycles. The van der Waals surface area contributed by atoms with Crippen LogP contribution in [-0.2, 0) is 6.61 Å². The Bertz CT molecular complexity index is 1040. The molecule has 0 aliphatic heterocycles. The number of rotatable bonds is 5. The van der Waals surface area contributed by atoms with Gasteiger partial charge < -0.3 is 10.1 Å². The number of aryl methyl sites for hydroxylation is 4. The number of carbonyl (C=O) groups excluding carboxylic acids is 1. The largest absolute Gasteiger partial charge is 0.489 e. The van der Waals surface area contributed by atoms with Crippen LogP contribution in [0.25, 0.3) is 5.69 Å². The molecule has 0 fully saturated rings. The summed E-state index contributed by atoms with van der Waals surface area (Å²) in [6.07, 6.45) is 0. The normalized spacial score (nSPS) is 10.7. The summed E-state index contributed by atoms with van der Waals surface area (Å²) in [5, 5.41) is 8.35. The number of nitrogens with two attached hydrogens (primary N) is 1. The van der Waals surface area contributed by atoms with Crippen molar-refractivity contribution in [1.82, 2.24) is 14.8 Å². The molecule has 2 amide bonds. The molecule has 3 N–H and O–H groups in total. The minimum absolute atomic E-state index is 0.330. The smallest absolute Gasteiger partial charge is 0.335 e. The lowest BCUT2D eigenvalue weighted by Crippen LogP contribution is -2.37. The van der Waals surface area contributed by atoms with Crippen molar-refractivity contribution in [3.05, 3.63) is 70.5 Å². The maximum absolute atomic E-state index is 11.9. The van der Waals surface area contributed by atoms with E-state index in [1.165, 1.54) is 7.05 Å². The highest BCUT2D eigenvalue weighted by Crippen LogP contribution is 2.26. The van der Waals surface area contributed by atoms with Crippen LogP contribution in [0.5, 0.6) is 5.75 Å². The van der Waals surface area contributed by atoms with Crippen LogP contribution in [-0.4, -0.2) is 27.9 Å². The second-order valence-electron chi connectivity index (χ2n) is 7.22. The van der Waals surface area contributed by atoms with Crippen LogP contribution in [0.1, 0.15) is 28.1 Å². The van der Waals surface area contributed by atoms with Gasteiger partial charge in [0.1, 0.15) is 12.4 Å². The standard InChI is InChI=1S/C22H27N5O2/c1-14-7-6-8-20(24-22(28)26(5)23)19(14)13-29-21-10-9-18(11-15(21)2)27-17(4)12-16(3)25-27/h6-12H,13,23H2,1-5H3,(H,24,28). The molecule has 3 rings (SSSR count). The van der Waals surface area contributed by atoms with Crippen LogP contribution in [0.2, 0.25) is 0 Å². The van der Waals surface area contributed by atoms with Gasteiger partial charge in [-0.25, -0.2) is 15.3 Å². The minimum Gasteiger partial charge on any atom is -0.489 e. The van der Waals surface area contributed by atoms with Crippen molar-refractivity contribution >= 4 is 11.7 Å². The maximum atomic E-state index is 11.9. The molecule has 0 saturated heterocycles. The molecular formula is C22H27N5O2. The molecule has 0 radical (unpaired) electrons. The fraction of sp³-hybridized carbons (Fsp3) is 0.273. The van der Waals surface area contributed by atoms with E-state index in [0.29, 0.717) is 12.3 Å². The fourth-order valence-electron chi connectivity index (χ4n) is 3.18. The van der Waals surface area contributed by atoms with Crippen LogP contribution in [0.3, 0.4) is 0 Å². The van der Waals surface area contributed by atoms with Gasteiger partial charge in [0.05, 0.1) is 11.4 Å². The van der Waals surface area contributed by atoms with Gasteiger partial charge in [0.25, 0.3) is 0 Å². The van der Waals surface area contributed by atoms with Crippen molar-refractivity contribution < 1.29 is 9.53 Å². The second kappa shape index (κ2) is 8.36. The Morgan fingerprint density at radius 2 is 1.90 bits per heavy atom. The van der Waals surface area contributed by atoms with E-state index in [9.17, 15) is 4.79 Å². The summed E-state index contributed by atoms with van der Waals surface area (Å²) in [5.74, 6) is 6.30. The van der Waals surface area contributed by atoms with Gasteiger partial charge >= 0.3 is 6.03 Å². The first-order valence-electron chi connectivity index (χ1n) is 9.41. The molecule has 0 aliphatic rings. The summed E-state index contributed by atoms with van der Waals surface area (Å²) in [5.41, 5.74) is 6.69. The van der Waals surface area contributed by atoms with Gasteiger partial charge in [-0.05, 0) is 69.2 Å². The number of hydrogen-bond acceptors (Lipinski definition) is 4. The summed E-state index contributed by atoms with van der Waals surface area (Å²) in [6.45, 7) is 8.34. The zero-order valence-corrected chi connectivity index (χ0v) is 17.5. The molecule has 2 aromatic carbocycles. The Kier molecular flexibility index (Phi) is 5.89. The number of anilines is 1. The van der Waals surface area contributed by atoms with E-state index < -0.39 is 0 Å². The number of urea groups is 1. The van der Waals surface area contributed by atoms with Crippen LogP contribution in [0.4, 0.5) is 10.5 Å². The van der Waals surface area contributed by atoms with E-state index in [1.807, 2.05) is 68.8 Å². The van der Waals surface area contributed by atoms with Crippen molar-refractivity contribution in [1.29, 1.82) is 0 Å². The average Bonchev–Trinajstić information content (AvgIpc) is 3.00. The third-order valence-electron chi connectivity index (χ3n) is 4.76. The quantitative estimate of drug-likeness (QED) is 0.389. The van der Waals surface area contributed by atoms with E-state index in [-0.39, 0.29) is 6.03 Å². The zero-order chi connectivity index (χ0) is 21.1. The van der Waals surface area contributed by atoms with Crippen molar-refractivity contribution in [2.24, 2.45) is 5.84 Å². The van der Waals surface area contributed by atoms with Crippen molar-refractivity contribution in [3.63, 3.8) is 0 Å². The number of aromatic nitrogens is 2. The molecule has 0 atom stereocenters. The van der Waals surface area contributed by atoms with Gasteiger partial charge in [-0.3, -0.25) is 5.01 Å². The molecule has 1 aromatic heterocycles. The van der Waals surface area contributed by atoms with Gasteiger partial charge in [0.2, 0.25) is 0 Å². The lowest BCUT2D eigenvalue weighted by molar-refractivity contribution is 0.223. The molecule has 0 spiro atoms. The van der Waals surface area contributed by atoms with E-state index >= 15 is 0 Å². The average molecular weight is 393 g/mol. The summed E-state index contributed by atoms with van der Waals surface area (Å²) in [4.78, 5) is 11.9. The van der Waals surface area contributed by atoms with Crippen LogP contribution >= 0.6 is 0 Å². The lowest BCUT2D eigenvalue weighted by atomic mass is 10.1. The Morgan fingerprint density at radius 3 is 2.52 bits per heavy atom. The van der Waals surface area contributed by atoms with E-state index in [4.69, 9.17) is 10.6 Å². The van der Waals surface area contributed by atoms with Crippen LogP contribution in [0, 0.1) is 27.7 Å². The predicted octanol–water partition coefficient (Wildman–Crippen LogP) is 4.02. The monoisotopic (exact) mass is 393 g/mol. The first-order valence-corrected chi connectivity index (χ1v) is 9.41. The highest BCUT2D eigenvalue weighted by Gasteiger charge is 2.12. The first-order chi connectivity index (χ1) is 13.8. The Morgan fingerprint density at radius 1 is 1.14 bits per heavy atom. The number of carbonyl (C=O) groups is 1. The molecule has 0 unspecified atom stereocenters. The molecule has 0 saturated carbocycles. The van der Waals surface area contributed by atoms with E-state index in [1.54, 1.807) is 0 Å². The van der Waals surface area contributed by atoms with Gasteiger partial charge in [0.15, 0.2) is 0 Å². The first kappa shape index (κ1) is 20.4. The van der Waals surface area contributed by atoms with Gasteiger partial charge in [-0.2, -0.15) is 5.10 Å². The molecule has 29 heavy (non-hydrogen) atoms. The van der Waals surface area contributed by atoms with Crippen LogP contribution in [0.15, 0.2) is 42.5 Å². The number of hydrazine groups is 1. The highest BCUT2D eigenvalue weighted by molar-refractivity contribution is 5.89. The SMILES string of the molecule is Cc1cc(C)n(-c2ccc(OCc3c(C)cccc3NC(=O)N(C)N)c(C)c2)n1. The number of amides is 2. The number of benzene rings is 2. The molecule has 152 valence electrons. The Hall–Kier alpha value is -3.32. The zero-order valence-electron chi connectivity index (χ0n) is 17.5. The molecule has 3 aromatic rings. The Labute approximate surface area is 171 Å². The number of nitrogens with zero attached hydrogens (tertiary/aromatic N) is 3. The van der Waals surface area contributed by atoms with Gasteiger partial charge in [-0.1, -0.05) is 12.1 Å². The van der Waals surface area contributed by atoms with E-state index in [2.05, 4.69) is 16.5 Å². The minimum atomic E-state index is -0.387. The molecule has 1 heterocycles. The predicted molar refractivity (Wildman–Crippen MR) is 114 cm³/mol.